The van der Waals surface area contributed by atoms with Crippen LogP contribution in [0, 0.1) is 0 Å². The Morgan fingerprint density at radius 1 is 1.23 bits per heavy atom. The van der Waals surface area contributed by atoms with Gasteiger partial charge in [-0.25, -0.2) is 9.50 Å². The van der Waals surface area contributed by atoms with Gasteiger partial charge >= 0.3 is 6.18 Å². The molecule has 11 heteroatoms. The second-order valence-corrected chi connectivity index (χ2v) is 5.39. The van der Waals surface area contributed by atoms with Crippen LogP contribution in [0.15, 0.2) is 43.0 Å². The van der Waals surface area contributed by atoms with Gasteiger partial charge in [0.15, 0.2) is 17.1 Å². The minimum atomic E-state index is -4.46. The van der Waals surface area contributed by atoms with Crippen molar-refractivity contribution in [2.75, 3.05) is 0 Å². The number of rotatable bonds is 3. The van der Waals surface area contributed by atoms with Gasteiger partial charge in [0, 0.05) is 18.6 Å². The van der Waals surface area contributed by atoms with Crippen molar-refractivity contribution in [3.63, 3.8) is 0 Å². The average molecular weight is 361 g/mol. The van der Waals surface area contributed by atoms with E-state index in [0.29, 0.717) is 11.5 Å². The first-order chi connectivity index (χ1) is 12.4. The first kappa shape index (κ1) is 16.0. The third kappa shape index (κ3) is 2.72. The van der Waals surface area contributed by atoms with E-state index in [9.17, 15) is 18.0 Å². The van der Waals surface area contributed by atoms with Crippen LogP contribution >= 0.6 is 0 Å². The SMILES string of the molecule is O=C(NCc1nnc2cc(C(F)(F)F)ccn12)c1cnn2cccnc12. The first-order valence-electron chi connectivity index (χ1n) is 7.41. The zero-order valence-corrected chi connectivity index (χ0v) is 13.0. The largest absolute Gasteiger partial charge is 0.416 e. The number of nitrogens with one attached hydrogen (secondary N) is 1. The second-order valence-electron chi connectivity index (χ2n) is 5.39. The van der Waals surface area contributed by atoms with Crippen molar-refractivity contribution in [3.05, 3.63) is 59.9 Å². The van der Waals surface area contributed by atoms with Gasteiger partial charge in [0.1, 0.15) is 5.56 Å². The Hall–Kier alpha value is -3.50. The summed E-state index contributed by atoms with van der Waals surface area (Å²) in [5.41, 5.74) is -0.100. The normalized spacial score (nSPS) is 12.0. The van der Waals surface area contributed by atoms with E-state index < -0.39 is 17.6 Å². The molecule has 0 saturated heterocycles. The van der Waals surface area contributed by atoms with E-state index in [1.807, 2.05) is 0 Å². The van der Waals surface area contributed by atoms with Crippen molar-refractivity contribution < 1.29 is 18.0 Å². The van der Waals surface area contributed by atoms with E-state index in [4.69, 9.17) is 0 Å². The number of fused-ring (bicyclic) bond motifs is 2. The maximum atomic E-state index is 12.7. The standard InChI is InChI=1S/C15H10F3N7O/c16-15(17,18)9-2-5-24-11(6-9)22-23-12(24)8-20-14(26)10-7-21-25-4-1-3-19-13(10)25/h1-7H,8H2,(H,20,26). The number of hydrogen-bond acceptors (Lipinski definition) is 5. The van der Waals surface area contributed by atoms with Crippen LogP contribution in [0.1, 0.15) is 21.7 Å². The fraction of sp³-hybridized carbons (Fsp3) is 0.133. The van der Waals surface area contributed by atoms with E-state index in [-0.39, 0.29) is 17.8 Å². The molecule has 0 fully saturated rings. The summed E-state index contributed by atoms with van der Waals surface area (Å²) in [4.78, 5) is 16.4. The van der Waals surface area contributed by atoms with Crippen LogP contribution in [0.25, 0.3) is 11.3 Å². The summed E-state index contributed by atoms with van der Waals surface area (Å²) >= 11 is 0. The number of carbonyl (C=O) groups is 1. The van der Waals surface area contributed by atoms with Gasteiger partial charge in [-0.1, -0.05) is 0 Å². The van der Waals surface area contributed by atoms with Crippen LogP contribution in [0.2, 0.25) is 0 Å². The lowest BCUT2D eigenvalue weighted by molar-refractivity contribution is -0.137. The van der Waals surface area contributed by atoms with Crippen LogP contribution < -0.4 is 5.32 Å². The molecule has 0 bridgehead atoms. The number of amides is 1. The molecule has 0 atom stereocenters. The monoisotopic (exact) mass is 361 g/mol. The van der Waals surface area contributed by atoms with Gasteiger partial charge in [0.05, 0.1) is 18.3 Å². The molecule has 26 heavy (non-hydrogen) atoms. The summed E-state index contributed by atoms with van der Waals surface area (Å²) < 4.78 is 41.0. The minimum Gasteiger partial charge on any atom is -0.345 e. The molecule has 0 unspecified atom stereocenters. The highest BCUT2D eigenvalue weighted by atomic mass is 19.4. The number of nitrogens with zero attached hydrogens (tertiary/aromatic N) is 6. The van der Waals surface area contributed by atoms with Crippen molar-refractivity contribution in [1.29, 1.82) is 0 Å². The average Bonchev–Trinajstić information content (AvgIpc) is 3.22. The smallest absolute Gasteiger partial charge is 0.345 e. The molecule has 1 N–H and O–H groups in total. The summed E-state index contributed by atoms with van der Waals surface area (Å²) in [6.07, 6.45) is 1.34. The van der Waals surface area contributed by atoms with E-state index >= 15 is 0 Å². The molecule has 8 nitrogen and oxygen atoms in total. The summed E-state index contributed by atoms with van der Waals surface area (Å²) in [7, 11) is 0. The van der Waals surface area contributed by atoms with Crippen molar-refractivity contribution in [2.45, 2.75) is 12.7 Å². The number of hydrogen-bond donors (Lipinski definition) is 1. The Balaban J connectivity index is 1.55. The lowest BCUT2D eigenvalue weighted by Gasteiger charge is -2.07. The lowest BCUT2D eigenvalue weighted by Crippen LogP contribution is -2.24. The zero-order chi connectivity index (χ0) is 18.3. The molecule has 0 saturated carbocycles. The zero-order valence-electron chi connectivity index (χ0n) is 13.0. The molecule has 4 aromatic rings. The predicted molar refractivity (Wildman–Crippen MR) is 82.1 cm³/mol. The van der Waals surface area contributed by atoms with E-state index in [0.717, 1.165) is 12.1 Å². The maximum Gasteiger partial charge on any atom is 0.416 e. The Kier molecular flexibility index (Phi) is 3.56. The van der Waals surface area contributed by atoms with Crippen molar-refractivity contribution in [3.8, 4) is 0 Å². The summed E-state index contributed by atoms with van der Waals surface area (Å²) in [6, 6.07) is 3.50. The van der Waals surface area contributed by atoms with Crippen molar-refractivity contribution in [2.24, 2.45) is 0 Å². The number of carbonyl (C=O) groups excluding carboxylic acids is 1. The Morgan fingerprint density at radius 2 is 2.08 bits per heavy atom. The molecular weight excluding hydrogens is 351 g/mol. The van der Waals surface area contributed by atoms with Crippen molar-refractivity contribution >= 4 is 17.2 Å². The highest BCUT2D eigenvalue weighted by molar-refractivity contribution is 5.99. The summed E-state index contributed by atoms with van der Waals surface area (Å²) in [5, 5.41) is 14.2. The molecule has 132 valence electrons. The molecule has 1 amide bonds. The number of alkyl halides is 3. The minimum absolute atomic E-state index is 0.0183. The molecule has 4 rings (SSSR count). The van der Waals surface area contributed by atoms with Crippen LogP contribution in [0.4, 0.5) is 13.2 Å². The van der Waals surface area contributed by atoms with Crippen molar-refractivity contribution in [1.82, 2.24) is 34.5 Å². The molecule has 0 spiro atoms. The number of pyridine rings is 1. The second kappa shape index (κ2) is 5.79. The fourth-order valence-corrected chi connectivity index (χ4v) is 2.48. The molecule has 0 aliphatic rings. The maximum absolute atomic E-state index is 12.7. The van der Waals surface area contributed by atoms with Gasteiger partial charge in [-0.05, 0) is 18.2 Å². The lowest BCUT2D eigenvalue weighted by atomic mass is 10.2. The van der Waals surface area contributed by atoms with Crippen LogP contribution in [-0.2, 0) is 12.7 Å². The molecule has 0 radical (unpaired) electrons. The molecule has 4 heterocycles. The molecule has 0 aliphatic heterocycles. The van der Waals surface area contributed by atoms with Crippen LogP contribution in [-0.4, -0.2) is 35.1 Å². The summed E-state index contributed by atoms with van der Waals surface area (Å²) in [5.74, 6) is -0.131. The first-order valence-corrected chi connectivity index (χ1v) is 7.41. The fourth-order valence-electron chi connectivity index (χ4n) is 2.48. The van der Waals surface area contributed by atoms with Crippen LogP contribution in [0.5, 0.6) is 0 Å². The molecule has 0 aromatic carbocycles. The van der Waals surface area contributed by atoms with Gasteiger partial charge in [0.25, 0.3) is 5.91 Å². The topological polar surface area (TPSA) is 89.5 Å². The van der Waals surface area contributed by atoms with Gasteiger partial charge in [-0.3, -0.25) is 9.20 Å². The highest BCUT2D eigenvalue weighted by Gasteiger charge is 2.31. The van der Waals surface area contributed by atoms with Gasteiger partial charge in [-0.2, -0.15) is 18.3 Å². The van der Waals surface area contributed by atoms with E-state index in [1.54, 1.807) is 12.3 Å². The molecule has 0 aliphatic carbocycles. The third-order valence-electron chi connectivity index (χ3n) is 3.74. The number of halogens is 3. The Bertz CT molecular complexity index is 1120. The van der Waals surface area contributed by atoms with Gasteiger partial charge < -0.3 is 5.32 Å². The van der Waals surface area contributed by atoms with Gasteiger partial charge in [-0.15, -0.1) is 10.2 Å². The summed E-state index contributed by atoms with van der Waals surface area (Å²) in [6.45, 7) is -0.0183. The van der Waals surface area contributed by atoms with E-state index in [1.165, 1.54) is 27.5 Å². The Labute approximate surface area is 143 Å². The van der Waals surface area contributed by atoms with E-state index in [2.05, 4.69) is 25.6 Å². The molecule has 4 aromatic heterocycles. The highest BCUT2D eigenvalue weighted by Crippen LogP contribution is 2.29. The Morgan fingerprint density at radius 3 is 2.88 bits per heavy atom. The van der Waals surface area contributed by atoms with Gasteiger partial charge in [0.2, 0.25) is 0 Å². The third-order valence-corrected chi connectivity index (χ3v) is 3.74. The predicted octanol–water partition coefficient (Wildman–Crippen LogP) is 1.72. The quantitative estimate of drug-likeness (QED) is 0.600. The number of aromatic nitrogens is 6. The molecular formula is C15H10F3N7O. The van der Waals surface area contributed by atoms with Crippen LogP contribution in [0.3, 0.4) is 0 Å².